The standard InChI is InChI=1S/C11H20N2O/c1-3-10(2)7-13(8-10)9(14)11(12)5-4-6-11/h3-8,12H2,1-2H3. The fourth-order valence-corrected chi connectivity index (χ4v) is 2.33. The van der Waals surface area contributed by atoms with Crippen molar-refractivity contribution in [2.45, 2.75) is 45.1 Å². The topological polar surface area (TPSA) is 46.3 Å². The second-order valence-corrected chi connectivity index (χ2v) is 5.34. The Morgan fingerprint density at radius 1 is 1.43 bits per heavy atom. The maximum atomic E-state index is 11.9. The van der Waals surface area contributed by atoms with E-state index in [4.69, 9.17) is 5.73 Å². The molecule has 3 heteroatoms. The van der Waals surface area contributed by atoms with Crippen LogP contribution in [0.25, 0.3) is 0 Å². The van der Waals surface area contributed by atoms with Gasteiger partial charge < -0.3 is 10.6 Å². The molecule has 0 atom stereocenters. The van der Waals surface area contributed by atoms with E-state index in [0.29, 0.717) is 5.41 Å². The number of carbonyl (C=O) groups is 1. The van der Waals surface area contributed by atoms with E-state index in [1.165, 1.54) is 0 Å². The average molecular weight is 196 g/mol. The van der Waals surface area contributed by atoms with Crippen LogP contribution in [-0.4, -0.2) is 29.4 Å². The van der Waals surface area contributed by atoms with Gasteiger partial charge in [-0.2, -0.15) is 0 Å². The molecule has 14 heavy (non-hydrogen) atoms. The molecule has 1 heterocycles. The number of hydrogen-bond acceptors (Lipinski definition) is 2. The first-order chi connectivity index (χ1) is 6.49. The van der Waals surface area contributed by atoms with Crippen LogP contribution in [0.5, 0.6) is 0 Å². The molecule has 3 nitrogen and oxygen atoms in total. The van der Waals surface area contributed by atoms with Crippen molar-refractivity contribution in [1.82, 2.24) is 4.90 Å². The SMILES string of the molecule is CCC1(C)CN(C(=O)C2(N)CCC2)C1. The van der Waals surface area contributed by atoms with E-state index >= 15 is 0 Å². The number of hydrogen-bond donors (Lipinski definition) is 1. The summed E-state index contributed by atoms with van der Waals surface area (Å²) in [5, 5.41) is 0. The fourth-order valence-electron chi connectivity index (χ4n) is 2.33. The fraction of sp³-hybridized carbons (Fsp3) is 0.909. The van der Waals surface area contributed by atoms with Crippen molar-refractivity contribution in [1.29, 1.82) is 0 Å². The van der Waals surface area contributed by atoms with Crippen LogP contribution in [0.1, 0.15) is 39.5 Å². The molecule has 0 spiro atoms. The number of nitrogens with zero attached hydrogens (tertiary/aromatic N) is 1. The third kappa shape index (κ3) is 1.34. The van der Waals surface area contributed by atoms with E-state index in [1.807, 2.05) is 4.90 Å². The molecule has 80 valence electrons. The highest BCUT2D eigenvalue weighted by molar-refractivity contribution is 5.87. The van der Waals surface area contributed by atoms with Gasteiger partial charge in [0, 0.05) is 18.5 Å². The summed E-state index contributed by atoms with van der Waals surface area (Å²) in [4.78, 5) is 13.9. The quantitative estimate of drug-likeness (QED) is 0.719. The molecular weight excluding hydrogens is 176 g/mol. The molecule has 0 aromatic heterocycles. The van der Waals surface area contributed by atoms with Gasteiger partial charge in [-0.25, -0.2) is 0 Å². The molecule has 1 saturated heterocycles. The lowest BCUT2D eigenvalue weighted by atomic mass is 9.73. The van der Waals surface area contributed by atoms with Crippen molar-refractivity contribution >= 4 is 5.91 Å². The van der Waals surface area contributed by atoms with Crippen molar-refractivity contribution in [3.63, 3.8) is 0 Å². The third-order valence-electron chi connectivity index (χ3n) is 3.96. The highest BCUT2D eigenvalue weighted by atomic mass is 16.2. The molecule has 0 aromatic carbocycles. The summed E-state index contributed by atoms with van der Waals surface area (Å²) in [6.07, 6.45) is 4.02. The summed E-state index contributed by atoms with van der Waals surface area (Å²) >= 11 is 0. The van der Waals surface area contributed by atoms with Gasteiger partial charge in [-0.1, -0.05) is 13.8 Å². The van der Waals surface area contributed by atoms with Gasteiger partial charge in [0.05, 0.1) is 5.54 Å². The minimum absolute atomic E-state index is 0.190. The summed E-state index contributed by atoms with van der Waals surface area (Å²) in [5.74, 6) is 0.190. The Hall–Kier alpha value is -0.570. The first-order valence-electron chi connectivity index (χ1n) is 5.57. The van der Waals surface area contributed by atoms with Crippen molar-refractivity contribution in [3.8, 4) is 0 Å². The largest absolute Gasteiger partial charge is 0.340 e. The Morgan fingerprint density at radius 3 is 2.36 bits per heavy atom. The molecular formula is C11H20N2O. The summed E-state index contributed by atoms with van der Waals surface area (Å²) in [6, 6.07) is 0. The molecule has 2 fully saturated rings. The predicted molar refractivity (Wildman–Crippen MR) is 55.7 cm³/mol. The lowest BCUT2D eigenvalue weighted by molar-refractivity contribution is -0.151. The van der Waals surface area contributed by atoms with Crippen LogP contribution < -0.4 is 5.73 Å². The Kier molecular flexibility index (Phi) is 2.11. The number of carbonyl (C=O) groups excluding carboxylic acids is 1. The molecule has 1 amide bonds. The van der Waals surface area contributed by atoms with Crippen LogP contribution in [0.15, 0.2) is 0 Å². The van der Waals surface area contributed by atoms with Crippen LogP contribution in [0, 0.1) is 5.41 Å². The predicted octanol–water partition coefficient (Wildman–Crippen LogP) is 1.13. The molecule has 0 unspecified atom stereocenters. The maximum Gasteiger partial charge on any atom is 0.242 e. The van der Waals surface area contributed by atoms with E-state index in [2.05, 4.69) is 13.8 Å². The molecule has 1 aliphatic heterocycles. The van der Waals surface area contributed by atoms with Gasteiger partial charge in [0.15, 0.2) is 0 Å². The second kappa shape index (κ2) is 2.96. The van der Waals surface area contributed by atoms with Crippen molar-refractivity contribution in [2.24, 2.45) is 11.1 Å². The zero-order valence-electron chi connectivity index (χ0n) is 9.18. The minimum Gasteiger partial charge on any atom is -0.340 e. The molecule has 1 saturated carbocycles. The highest BCUT2D eigenvalue weighted by Gasteiger charge is 2.48. The average Bonchev–Trinajstić information content (AvgIpc) is 2.07. The zero-order valence-corrected chi connectivity index (χ0v) is 9.18. The smallest absolute Gasteiger partial charge is 0.242 e. The van der Waals surface area contributed by atoms with Gasteiger partial charge in [-0.05, 0) is 25.7 Å². The van der Waals surface area contributed by atoms with Crippen molar-refractivity contribution < 1.29 is 4.79 Å². The van der Waals surface area contributed by atoms with Crippen molar-refractivity contribution in [2.75, 3.05) is 13.1 Å². The van der Waals surface area contributed by atoms with E-state index < -0.39 is 5.54 Å². The van der Waals surface area contributed by atoms with Crippen LogP contribution >= 0.6 is 0 Å². The Morgan fingerprint density at radius 2 is 2.00 bits per heavy atom. The van der Waals surface area contributed by atoms with Crippen LogP contribution in [0.4, 0.5) is 0 Å². The Labute approximate surface area is 85.6 Å². The van der Waals surface area contributed by atoms with Gasteiger partial charge in [-0.3, -0.25) is 4.79 Å². The van der Waals surface area contributed by atoms with Crippen LogP contribution in [0.3, 0.4) is 0 Å². The Balaban J connectivity index is 1.90. The lowest BCUT2D eigenvalue weighted by Gasteiger charge is -2.52. The molecule has 2 N–H and O–H groups in total. The third-order valence-corrected chi connectivity index (χ3v) is 3.96. The first-order valence-corrected chi connectivity index (χ1v) is 5.57. The number of likely N-dealkylation sites (tertiary alicyclic amines) is 1. The van der Waals surface area contributed by atoms with Gasteiger partial charge in [0.1, 0.15) is 0 Å². The van der Waals surface area contributed by atoms with Gasteiger partial charge in [0.25, 0.3) is 0 Å². The summed E-state index contributed by atoms with van der Waals surface area (Å²) in [6.45, 7) is 6.23. The van der Waals surface area contributed by atoms with Crippen LogP contribution in [0.2, 0.25) is 0 Å². The van der Waals surface area contributed by atoms with E-state index in [-0.39, 0.29) is 5.91 Å². The molecule has 0 radical (unpaired) electrons. The molecule has 0 aromatic rings. The first kappa shape index (κ1) is 9.97. The number of rotatable bonds is 2. The summed E-state index contributed by atoms with van der Waals surface area (Å²) in [5.41, 5.74) is 5.86. The van der Waals surface area contributed by atoms with Gasteiger partial charge >= 0.3 is 0 Å². The van der Waals surface area contributed by atoms with Gasteiger partial charge in [0.2, 0.25) is 5.91 Å². The second-order valence-electron chi connectivity index (χ2n) is 5.34. The monoisotopic (exact) mass is 196 g/mol. The summed E-state index contributed by atoms with van der Waals surface area (Å²) in [7, 11) is 0. The normalized spacial score (nSPS) is 27.8. The zero-order chi connectivity index (χ0) is 10.4. The summed E-state index contributed by atoms with van der Waals surface area (Å²) < 4.78 is 0. The Bertz CT molecular complexity index is 252. The van der Waals surface area contributed by atoms with E-state index in [1.54, 1.807) is 0 Å². The van der Waals surface area contributed by atoms with Gasteiger partial charge in [-0.15, -0.1) is 0 Å². The lowest BCUT2D eigenvalue weighted by Crippen LogP contribution is -2.66. The number of amides is 1. The van der Waals surface area contributed by atoms with E-state index in [0.717, 1.165) is 38.8 Å². The molecule has 2 aliphatic rings. The number of nitrogens with two attached hydrogens (primary N) is 1. The highest BCUT2D eigenvalue weighted by Crippen LogP contribution is 2.38. The van der Waals surface area contributed by atoms with Crippen LogP contribution in [-0.2, 0) is 4.79 Å². The molecule has 1 aliphatic carbocycles. The van der Waals surface area contributed by atoms with Crippen molar-refractivity contribution in [3.05, 3.63) is 0 Å². The molecule has 2 rings (SSSR count). The molecule has 0 bridgehead atoms. The minimum atomic E-state index is -0.491. The van der Waals surface area contributed by atoms with E-state index in [9.17, 15) is 4.79 Å². The maximum absolute atomic E-state index is 11.9.